The zero-order valence-electron chi connectivity index (χ0n) is 15.5. The quantitative estimate of drug-likeness (QED) is 0.664. The lowest BCUT2D eigenvalue weighted by Gasteiger charge is -2.28. The molecule has 1 aromatic heterocycles. The van der Waals surface area contributed by atoms with Crippen LogP contribution in [0.4, 0.5) is 0 Å². The highest BCUT2D eigenvalue weighted by Gasteiger charge is 2.24. The molecule has 1 fully saturated rings. The van der Waals surface area contributed by atoms with E-state index in [-0.39, 0.29) is 17.6 Å². The van der Waals surface area contributed by atoms with Crippen LogP contribution in [0.1, 0.15) is 34.9 Å². The van der Waals surface area contributed by atoms with Gasteiger partial charge in [0.15, 0.2) is 11.5 Å². The summed E-state index contributed by atoms with van der Waals surface area (Å²) in [6.45, 7) is 2.57. The molecule has 4 rings (SSSR count). The zero-order chi connectivity index (χ0) is 19.3. The van der Waals surface area contributed by atoms with E-state index in [0.717, 1.165) is 24.2 Å². The van der Waals surface area contributed by atoms with Crippen molar-refractivity contribution in [3.05, 3.63) is 76.9 Å². The van der Waals surface area contributed by atoms with E-state index in [9.17, 15) is 4.79 Å². The van der Waals surface area contributed by atoms with Crippen LogP contribution in [0.3, 0.4) is 0 Å². The topological polar surface area (TPSA) is 58.4 Å². The monoisotopic (exact) mass is 395 g/mol. The van der Waals surface area contributed by atoms with E-state index in [2.05, 4.69) is 15.4 Å². The minimum atomic E-state index is -0.232. The molecule has 0 aliphatic carbocycles. The lowest BCUT2D eigenvalue weighted by atomic mass is 10.1. The number of amides is 1. The highest BCUT2D eigenvalue weighted by atomic mass is 35.5. The minimum Gasteiger partial charge on any atom is -0.355 e. The molecule has 28 heavy (non-hydrogen) atoms. The lowest BCUT2D eigenvalue weighted by molar-refractivity contribution is 0.0929. The third kappa shape index (κ3) is 4.26. The van der Waals surface area contributed by atoms with Crippen LogP contribution >= 0.6 is 11.6 Å². The van der Waals surface area contributed by atoms with Gasteiger partial charge in [-0.3, -0.25) is 9.69 Å². The van der Waals surface area contributed by atoms with Crippen LogP contribution < -0.4 is 5.32 Å². The molecule has 2 heterocycles. The average molecular weight is 396 g/mol. The fourth-order valence-corrected chi connectivity index (χ4v) is 3.72. The number of nitrogens with one attached hydrogen (secondary N) is 1. The van der Waals surface area contributed by atoms with Crippen LogP contribution in [0.5, 0.6) is 0 Å². The number of carbonyl (C=O) groups excluding carboxylic acids is 1. The third-order valence-corrected chi connectivity index (χ3v) is 5.35. The molecule has 1 N–H and O–H groups in total. The molecule has 1 aliphatic heterocycles. The van der Waals surface area contributed by atoms with Crippen molar-refractivity contribution in [2.45, 2.75) is 18.9 Å². The Balaban J connectivity index is 1.45. The second kappa shape index (κ2) is 8.59. The molecule has 1 unspecified atom stereocenters. The summed E-state index contributed by atoms with van der Waals surface area (Å²) in [5.74, 6) is 0.351. The van der Waals surface area contributed by atoms with Gasteiger partial charge in [0.25, 0.3) is 5.91 Å². The number of nitrogens with zero attached hydrogens (tertiary/aromatic N) is 2. The maximum absolute atomic E-state index is 12.6. The summed E-state index contributed by atoms with van der Waals surface area (Å²) >= 11 is 6.03. The van der Waals surface area contributed by atoms with Crippen molar-refractivity contribution in [2.75, 3.05) is 19.6 Å². The second-order valence-corrected chi connectivity index (χ2v) is 7.40. The van der Waals surface area contributed by atoms with E-state index >= 15 is 0 Å². The third-order valence-electron chi connectivity index (χ3n) is 5.09. The number of likely N-dealkylation sites (tertiary alicyclic amines) is 1. The van der Waals surface area contributed by atoms with Crippen LogP contribution in [0.15, 0.2) is 65.2 Å². The minimum absolute atomic E-state index is 0.115. The van der Waals surface area contributed by atoms with Gasteiger partial charge in [0.2, 0.25) is 0 Å². The number of carbonyl (C=O) groups is 1. The van der Waals surface area contributed by atoms with Gasteiger partial charge in [0.05, 0.1) is 6.04 Å². The zero-order valence-corrected chi connectivity index (χ0v) is 16.2. The van der Waals surface area contributed by atoms with Gasteiger partial charge in [0, 0.05) is 23.2 Å². The highest BCUT2D eigenvalue weighted by Crippen LogP contribution is 2.26. The summed E-state index contributed by atoms with van der Waals surface area (Å²) in [5, 5.41) is 7.66. The predicted octanol–water partition coefficient (Wildman–Crippen LogP) is 4.56. The van der Waals surface area contributed by atoms with Gasteiger partial charge in [-0.2, -0.15) is 0 Å². The number of rotatable bonds is 6. The normalized spacial score (nSPS) is 15.5. The standard InChI is InChI=1S/C22H22ClN3O2/c23-18-10-8-16(9-11-18)20(26-12-4-5-13-26)15-24-22(27)19-14-21(28-25-19)17-6-2-1-3-7-17/h1-3,6-11,14,20H,4-5,12-13,15H2,(H,24,27). The number of hydrogen-bond donors (Lipinski definition) is 1. The Morgan fingerprint density at radius 3 is 2.54 bits per heavy atom. The number of benzene rings is 2. The first-order valence-corrected chi connectivity index (χ1v) is 9.88. The number of hydrogen-bond acceptors (Lipinski definition) is 4. The Hall–Kier alpha value is -2.63. The summed E-state index contributed by atoms with van der Waals surface area (Å²) in [4.78, 5) is 15.0. The fourth-order valence-electron chi connectivity index (χ4n) is 3.60. The molecule has 1 amide bonds. The molecule has 3 aromatic rings. The van der Waals surface area contributed by atoms with E-state index in [1.54, 1.807) is 6.07 Å². The molecular weight excluding hydrogens is 374 g/mol. The molecule has 0 bridgehead atoms. The lowest BCUT2D eigenvalue weighted by Crippen LogP contribution is -2.36. The van der Waals surface area contributed by atoms with Gasteiger partial charge >= 0.3 is 0 Å². The SMILES string of the molecule is O=C(NCC(c1ccc(Cl)cc1)N1CCCC1)c1cc(-c2ccccc2)on1. The summed E-state index contributed by atoms with van der Waals surface area (Å²) in [7, 11) is 0. The van der Waals surface area contributed by atoms with E-state index in [0.29, 0.717) is 17.3 Å². The number of halogens is 1. The largest absolute Gasteiger partial charge is 0.355 e. The Morgan fingerprint density at radius 2 is 1.82 bits per heavy atom. The van der Waals surface area contributed by atoms with Crippen LogP contribution in [-0.2, 0) is 0 Å². The van der Waals surface area contributed by atoms with E-state index in [4.69, 9.17) is 16.1 Å². The Labute approximate surface area is 169 Å². The second-order valence-electron chi connectivity index (χ2n) is 6.96. The molecule has 6 heteroatoms. The van der Waals surface area contributed by atoms with Crippen molar-refractivity contribution in [3.63, 3.8) is 0 Å². The van der Waals surface area contributed by atoms with E-state index in [1.165, 1.54) is 12.8 Å². The van der Waals surface area contributed by atoms with Crippen LogP contribution in [0, 0.1) is 0 Å². The molecule has 1 saturated heterocycles. The van der Waals surface area contributed by atoms with Crippen LogP contribution in [0.25, 0.3) is 11.3 Å². The molecule has 2 aromatic carbocycles. The van der Waals surface area contributed by atoms with Gasteiger partial charge in [-0.05, 0) is 43.6 Å². The van der Waals surface area contributed by atoms with Crippen molar-refractivity contribution in [1.82, 2.24) is 15.4 Å². The summed E-state index contributed by atoms with van der Waals surface area (Å²) < 4.78 is 5.34. The average Bonchev–Trinajstić information content (AvgIpc) is 3.42. The van der Waals surface area contributed by atoms with E-state index < -0.39 is 0 Å². The molecule has 1 atom stereocenters. The number of aromatic nitrogens is 1. The van der Waals surface area contributed by atoms with Gasteiger partial charge in [0.1, 0.15) is 0 Å². The van der Waals surface area contributed by atoms with E-state index in [1.807, 2.05) is 54.6 Å². The molecule has 1 aliphatic rings. The molecule has 144 valence electrons. The van der Waals surface area contributed by atoms with Gasteiger partial charge < -0.3 is 9.84 Å². The first-order chi connectivity index (χ1) is 13.7. The van der Waals surface area contributed by atoms with Crippen LogP contribution in [0.2, 0.25) is 5.02 Å². The van der Waals surface area contributed by atoms with Crippen molar-refractivity contribution >= 4 is 17.5 Å². The summed E-state index contributed by atoms with van der Waals surface area (Å²) in [5.41, 5.74) is 2.33. The van der Waals surface area contributed by atoms with Gasteiger partial charge in [-0.25, -0.2) is 0 Å². The smallest absolute Gasteiger partial charge is 0.273 e. The predicted molar refractivity (Wildman–Crippen MR) is 109 cm³/mol. The molecule has 0 radical (unpaired) electrons. The molecule has 0 spiro atoms. The molecule has 5 nitrogen and oxygen atoms in total. The van der Waals surface area contributed by atoms with Crippen molar-refractivity contribution in [1.29, 1.82) is 0 Å². The highest BCUT2D eigenvalue weighted by molar-refractivity contribution is 6.30. The van der Waals surface area contributed by atoms with Gasteiger partial charge in [-0.1, -0.05) is 59.2 Å². The van der Waals surface area contributed by atoms with Gasteiger partial charge in [-0.15, -0.1) is 0 Å². The molecular formula is C22H22ClN3O2. The molecule has 0 saturated carbocycles. The first kappa shape index (κ1) is 18.7. The Bertz CT molecular complexity index is 918. The first-order valence-electron chi connectivity index (χ1n) is 9.50. The van der Waals surface area contributed by atoms with Crippen LogP contribution in [-0.4, -0.2) is 35.6 Å². The maximum atomic E-state index is 12.6. The maximum Gasteiger partial charge on any atom is 0.273 e. The van der Waals surface area contributed by atoms with Crippen molar-refractivity contribution in [3.8, 4) is 11.3 Å². The van der Waals surface area contributed by atoms with Crippen molar-refractivity contribution in [2.24, 2.45) is 0 Å². The fraction of sp³-hybridized carbons (Fsp3) is 0.273. The Kier molecular flexibility index (Phi) is 5.74. The van der Waals surface area contributed by atoms with Crippen molar-refractivity contribution < 1.29 is 9.32 Å². The summed E-state index contributed by atoms with van der Waals surface area (Å²) in [6, 6.07) is 19.3. The Morgan fingerprint density at radius 1 is 1.11 bits per heavy atom. The summed E-state index contributed by atoms with van der Waals surface area (Å²) in [6.07, 6.45) is 2.36.